The molecule has 1 unspecified atom stereocenters. The number of aromatic nitrogens is 2. The summed E-state index contributed by atoms with van der Waals surface area (Å²) in [4.78, 5) is 2.50. The Kier molecular flexibility index (Phi) is 4.42. The Morgan fingerprint density at radius 2 is 2.10 bits per heavy atom. The first kappa shape index (κ1) is 14.8. The van der Waals surface area contributed by atoms with Gasteiger partial charge in [0.2, 0.25) is 0 Å². The van der Waals surface area contributed by atoms with Crippen LogP contribution in [0.4, 0.5) is 0 Å². The topological polar surface area (TPSA) is 33.1 Å². The second-order valence-corrected chi connectivity index (χ2v) is 6.67. The van der Waals surface area contributed by atoms with E-state index in [4.69, 9.17) is 0 Å². The number of halogens is 1. The van der Waals surface area contributed by atoms with Gasteiger partial charge in [0.25, 0.3) is 0 Å². The van der Waals surface area contributed by atoms with Gasteiger partial charge in [-0.05, 0) is 38.1 Å². The van der Waals surface area contributed by atoms with Gasteiger partial charge in [0, 0.05) is 48.5 Å². The zero-order valence-electron chi connectivity index (χ0n) is 12.5. The smallest absolute Gasteiger partial charge is 0.0646 e. The maximum Gasteiger partial charge on any atom is 0.0646 e. The second kappa shape index (κ2) is 6.30. The average Bonchev–Trinajstić information content (AvgIpc) is 2.81. The molecule has 112 valence electrons. The first-order valence-corrected chi connectivity index (χ1v) is 8.18. The van der Waals surface area contributed by atoms with Crippen LogP contribution >= 0.6 is 15.9 Å². The van der Waals surface area contributed by atoms with E-state index in [0.717, 1.165) is 42.0 Å². The molecule has 2 aromatic rings. The predicted molar refractivity (Wildman–Crippen MR) is 88.7 cm³/mol. The van der Waals surface area contributed by atoms with Crippen LogP contribution in [0.15, 0.2) is 34.9 Å². The first-order chi connectivity index (χ1) is 10.1. The highest BCUT2D eigenvalue weighted by Gasteiger charge is 2.17. The van der Waals surface area contributed by atoms with Gasteiger partial charge >= 0.3 is 0 Å². The number of hydrogen-bond acceptors (Lipinski definition) is 3. The lowest BCUT2D eigenvalue weighted by atomic mass is 10.2. The van der Waals surface area contributed by atoms with Crippen molar-refractivity contribution in [3.63, 3.8) is 0 Å². The molecule has 1 aromatic carbocycles. The maximum absolute atomic E-state index is 4.65. The summed E-state index contributed by atoms with van der Waals surface area (Å²) in [6.45, 7) is 8.59. The summed E-state index contributed by atoms with van der Waals surface area (Å²) in [5, 5.41) is 8.14. The van der Waals surface area contributed by atoms with Crippen molar-refractivity contribution >= 4 is 15.9 Å². The minimum absolute atomic E-state index is 0.570. The quantitative estimate of drug-likeness (QED) is 0.925. The van der Waals surface area contributed by atoms with Crippen molar-refractivity contribution in [2.45, 2.75) is 26.4 Å². The Labute approximate surface area is 134 Å². The second-order valence-electron chi connectivity index (χ2n) is 5.75. The molecule has 2 heterocycles. The molecule has 1 N–H and O–H groups in total. The zero-order chi connectivity index (χ0) is 14.8. The van der Waals surface area contributed by atoms with Crippen molar-refractivity contribution < 1.29 is 0 Å². The molecule has 0 bridgehead atoms. The normalized spacial score (nSPS) is 19.9. The lowest BCUT2D eigenvalue weighted by Gasteiger charge is -2.31. The van der Waals surface area contributed by atoms with Crippen LogP contribution in [0.5, 0.6) is 0 Å². The zero-order valence-corrected chi connectivity index (χ0v) is 14.1. The molecule has 4 nitrogen and oxygen atoms in total. The molecule has 1 aromatic heterocycles. The van der Waals surface area contributed by atoms with Crippen LogP contribution in [-0.2, 0) is 6.54 Å². The third-order valence-electron chi connectivity index (χ3n) is 3.94. The van der Waals surface area contributed by atoms with Crippen molar-refractivity contribution in [2.75, 3.05) is 19.6 Å². The summed E-state index contributed by atoms with van der Waals surface area (Å²) in [7, 11) is 0. The molecular weight excluding hydrogens is 328 g/mol. The number of nitrogens with zero attached hydrogens (tertiary/aromatic N) is 3. The van der Waals surface area contributed by atoms with Crippen LogP contribution in [0.1, 0.15) is 18.2 Å². The van der Waals surface area contributed by atoms with Crippen LogP contribution in [0.25, 0.3) is 5.69 Å². The fraction of sp³-hybridized carbons (Fsp3) is 0.438. The molecular formula is C16H21BrN4. The van der Waals surface area contributed by atoms with Crippen molar-refractivity contribution in [1.82, 2.24) is 20.0 Å². The Hall–Kier alpha value is -1.17. The third-order valence-corrected chi connectivity index (χ3v) is 4.47. The Bertz CT molecular complexity index is 605. The number of rotatable bonds is 3. The van der Waals surface area contributed by atoms with E-state index < -0.39 is 0 Å². The largest absolute Gasteiger partial charge is 0.312 e. The van der Waals surface area contributed by atoms with Crippen molar-refractivity contribution in [3.8, 4) is 5.69 Å². The van der Waals surface area contributed by atoms with Crippen LogP contribution in [-0.4, -0.2) is 40.4 Å². The highest BCUT2D eigenvalue weighted by Crippen LogP contribution is 2.17. The molecule has 0 radical (unpaired) electrons. The van der Waals surface area contributed by atoms with E-state index in [1.165, 1.54) is 5.56 Å². The van der Waals surface area contributed by atoms with E-state index in [0.29, 0.717) is 6.04 Å². The molecule has 0 saturated carbocycles. The van der Waals surface area contributed by atoms with Crippen LogP contribution < -0.4 is 5.32 Å². The third kappa shape index (κ3) is 3.54. The summed E-state index contributed by atoms with van der Waals surface area (Å²) in [5.41, 5.74) is 3.53. The van der Waals surface area contributed by atoms with E-state index in [-0.39, 0.29) is 0 Å². The van der Waals surface area contributed by atoms with Gasteiger partial charge in [-0.15, -0.1) is 0 Å². The lowest BCUT2D eigenvalue weighted by Crippen LogP contribution is -2.48. The van der Waals surface area contributed by atoms with E-state index in [1.54, 1.807) is 0 Å². The van der Waals surface area contributed by atoms with E-state index >= 15 is 0 Å². The van der Waals surface area contributed by atoms with E-state index in [2.05, 4.69) is 63.4 Å². The van der Waals surface area contributed by atoms with E-state index in [1.807, 2.05) is 16.8 Å². The van der Waals surface area contributed by atoms with Crippen molar-refractivity contribution in [3.05, 3.63) is 46.2 Å². The first-order valence-electron chi connectivity index (χ1n) is 7.38. The SMILES string of the molecule is Cc1nn(-c2ccc(Br)cc2)cc1CN1CCNC(C)C1. The van der Waals surface area contributed by atoms with Gasteiger partial charge in [-0.2, -0.15) is 5.10 Å². The van der Waals surface area contributed by atoms with Crippen LogP contribution in [0.2, 0.25) is 0 Å². The van der Waals surface area contributed by atoms with Gasteiger partial charge in [0.15, 0.2) is 0 Å². The van der Waals surface area contributed by atoms with Gasteiger partial charge < -0.3 is 5.32 Å². The number of aryl methyl sites for hydroxylation is 1. The molecule has 3 rings (SSSR count). The summed E-state index contributed by atoms with van der Waals surface area (Å²) < 4.78 is 3.06. The molecule has 21 heavy (non-hydrogen) atoms. The Morgan fingerprint density at radius 1 is 1.33 bits per heavy atom. The Balaban J connectivity index is 1.76. The highest BCUT2D eigenvalue weighted by molar-refractivity contribution is 9.10. The molecule has 0 amide bonds. The monoisotopic (exact) mass is 348 g/mol. The molecule has 1 atom stereocenters. The summed E-state index contributed by atoms with van der Waals surface area (Å²) in [6.07, 6.45) is 2.16. The van der Waals surface area contributed by atoms with Gasteiger partial charge in [-0.25, -0.2) is 4.68 Å². The van der Waals surface area contributed by atoms with Gasteiger partial charge in [-0.3, -0.25) is 4.90 Å². The fourth-order valence-corrected chi connectivity index (χ4v) is 3.04. The minimum Gasteiger partial charge on any atom is -0.312 e. The molecule has 1 saturated heterocycles. The summed E-state index contributed by atoms with van der Waals surface area (Å²) in [6, 6.07) is 8.81. The molecule has 0 aliphatic carbocycles. The predicted octanol–water partition coefficient (Wildman–Crippen LogP) is 2.74. The molecule has 0 spiro atoms. The summed E-state index contributed by atoms with van der Waals surface area (Å²) >= 11 is 3.47. The molecule has 1 aliphatic heterocycles. The van der Waals surface area contributed by atoms with Crippen LogP contribution in [0.3, 0.4) is 0 Å². The van der Waals surface area contributed by atoms with Gasteiger partial charge in [-0.1, -0.05) is 15.9 Å². The highest BCUT2D eigenvalue weighted by atomic mass is 79.9. The van der Waals surface area contributed by atoms with Crippen molar-refractivity contribution in [2.24, 2.45) is 0 Å². The molecule has 1 fully saturated rings. The van der Waals surface area contributed by atoms with Crippen LogP contribution in [0, 0.1) is 6.92 Å². The fourth-order valence-electron chi connectivity index (χ4n) is 2.77. The minimum atomic E-state index is 0.570. The van der Waals surface area contributed by atoms with Gasteiger partial charge in [0.1, 0.15) is 0 Å². The lowest BCUT2D eigenvalue weighted by molar-refractivity contribution is 0.199. The average molecular weight is 349 g/mol. The molecule has 5 heteroatoms. The van der Waals surface area contributed by atoms with E-state index in [9.17, 15) is 0 Å². The number of piperazine rings is 1. The van der Waals surface area contributed by atoms with Crippen molar-refractivity contribution in [1.29, 1.82) is 0 Å². The Morgan fingerprint density at radius 3 is 2.81 bits per heavy atom. The number of hydrogen-bond donors (Lipinski definition) is 1. The molecule has 1 aliphatic rings. The maximum atomic E-state index is 4.65. The number of benzene rings is 1. The standard InChI is InChI=1S/C16H21BrN4/c1-12-9-20(8-7-18-12)10-14-11-21(19-13(14)2)16-5-3-15(17)4-6-16/h3-6,11-12,18H,7-10H2,1-2H3. The van der Waals surface area contributed by atoms with Gasteiger partial charge in [0.05, 0.1) is 11.4 Å². The number of nitrogens with one attached hydrogen (secondary N) is 1. The summed E-state index contributed by atoms with van der Waals surface area (Å²) in [5.74, 6) is 0.